The van der Waals surface area contributed by atoms with Crippen LogP contribution in [0.2, 0.25) is 0 Å². The Balaban J connectivity index is 1.80. The minimum absolute atomic E-state index is 0.0944. The Morgan fingerprint density at radius 3 is 2.48 bits per heavy atom. The van der Waals surface area contributed by atoms with Gasteiger partial charge in [-0.25, -0.2) is 4.39 Å². The fraction of sp³-hybridized carbons (Fsp3) is 0.105. The molecule has 0 fully saturated rings. The molecule has 0 unspecified atom stereocenters. The first-order valence-corrected chi connectivity index (χ1v) is 6.95. The van der Waals surface area contributed by atoms with E-state index in [9.17, 15) is 9.18 Å². The van der Waals surface area contributed by atoms with Crippen molar-refractivity contribution < 1.29 is 9.18 Å². The second-order valence-corrected chi connectivity index (χ2v) is 5.16. The van der Waals surface area contributed by atoms with Crippen molar-refractivity contribution in [3.8, 4) is 0 Å². The molecule has 3 rings (SSSR count). The molecule has 3 aromatic rings. The van der Waals surface area contributed by atoms with Crippen LogP contribution in [0.15, 0.2) is 66.7 Å². The number of hydrogen-bond acceptors (Lipinski definition) is 1. The molecular formula is C19H15FO. The fourth-order valence-electron chi connectivity index (χ4n) is 2.60. The highest BCUT2D eigenvalue weighted by Gasteiger charge is 2.08. The van der Waals surface area contributed by atoms with Crippen molar-refractivity contribution in [2.45, 2.75) is 12.8 Å². The molecule has 0 heterocycles. The zero-order chi connectivity index (χ0) is 14.7. The van der Waals surface area contributed by atoms with Gasteiger partial charge in [0, 0.05) is 12.8 Å². The maximum Gasteiger partial charge on any atom is 0.141 e. The maximum absolute atomic E-state index is 13.1. The van der Waals surface area contributed by atoms with Crippen LogP contribution < -0.4 is 0 Å². The molecule has 0 bridgehead atoms. The first-order chi connectivity index (χ1) is 10.2. The van der Waals surface area contributed by atoms with Crippen molar-refractivity contribution in [3.05, 3.63) is 83.7 Å². The van der Waals surface area contributed by atoms with Gasteiger partial charge in [-0.1, -0.05) is 54.6 Å². The number of carbonyl (C=O) groups is 1. The standard InChI is InChI=1S/C19H15FO/c20-17-9-3-5-14(11-17)12-18(21)13-16-8-4-7-15-6-1-2-10-19(15)16/h1-11H,12-13H2. The Morgan fingerprint density at radius 1 is 0.857 bits per heavy atom. The predicted octanol–water partition coefficient (Wildman–Crippen LogP) is 4.33. The lowest BCUT2D eigenvalue weighted by Gasteiger charge is -2.06. The molecule has 21 heavy (non-hydrogen) atoms. The van der Waals surface area contributed by atoms with E-state index in [2.05, 4.69) is 0 Å². The molecule has 0 N–H and O–H groups in total. The summed E-state index contributed by atoms with van der Waals surface area (Å²) in [5, 5.41) is 2.24. The molecule has 104 valence electrons. The lowest BCUT2D eigenvalue weighted by Crippen LogP contribution is -2.07. The average Bonchev–Trinajstić information content (AvgIpc) is 2.47. The number of halogens is 1. The van der Waals surface area contributed by atoms with Crippen LogP contribution in [-0.4, -0.2) is 5.78 Å². The summed E-state index contributed by atoms with van der Waals surface area (Å²) in [5.74, 6) is -0.206. The predicted molar refractivity (Wildman–Crippen MR) is 82.8 cm³/mol. The van der Waals surface area contributed by atoms with E-state index in [0.717, 1.165) is 21.9 Å². The highest BCUT2D eigenvalue weighted by Crippen LogP contribution is 2.19. The maximum atomic E-state index is 13.1. The van der Waals surface area contributed by atoms with Crippen molar-refractivity contribution >= 4 is 16.6 Å². The Morgan fingerprint density at radius 2 is 1.62 bits per heavy atom. The Kier molecular flexibility index (Phi) is 3.78. The van der Waals surface area contributed by atoms with Gasteiger partial charge in [0.05, 0.1) is 0 Å². The summed E-state index contributed by atoms with van der Waals surface area (Å²) >= 11 is 0. The van der Waals surface area contributed by atoms with Gasteiger partial charge in [-0.2, -0.15) is 0 Å². The van der Waals surface area contributed by atoms with Crippen LogP contribution in [0.3, 0.4) is 0 Å². The van der Waals surface area contributed by atoms with Crippen LogP contribution >= 0.6 is 0 Å². The minimum Gasteiger partial charge on any atom is -0.299 e. The normalized spacial score (nSPS) is 10.7. The number of Topliss-reactive ketones (excluding diaryl/α,β-unsaturated/α-hetero) is 1. The van der Waals surface area contributed by atoms with Gasteiger partial charge in [0.15, 0.2) is 0 Å². The first-order valence-electron chi connectivity index (χ1n) is 6.95. The first kappa shape index (κ1) is 13.5. The molecular weight excluding hydrogens is 263 g/mol. The van der Waals surface area contributed by atoms with E-state index in [1.165, 1.54) is 12.1 Å². The van der Waals surface area contributed by atoms with E-state index in [0.29, 0.717) is 6.42 Å². The summed E-state index contributed by atoms with van der Waals surface area (Å²) in [7, 11) is 0. The zero-order valence-electron chi connectivity index (χ0n) is 11.6. The summed E-state index contributed by atoms with van der Waals surface area (Å²) in [6.07, 6.45) is 0.638. The minimum atomic E-state index is -0.300. The third-order valence-corrected chi connectivity index (χ3v) is 3.56. The number of ketones is 1. The second-order valence-electron chi connectivity index (χ2n) is 5.16. The molecule has 0 saturated carbocycles. The van der Waals surface area contributed by atoms with Crippen LogP contribution in [-0.2, 0) is 17.6 Å². The van der Waals surface area contributed by atoms with Gasteiger partial charge in [0.2, 0.25) is 0 Å². The number of fused-ring (bicyclic) bond motifs is 1. The van der Waals surface area contributed by atoms with Gasteiger partial charge in [-0.3, -0.25) is 4.79 Å². The van der Waals surface area contributed by atoms with Gasteiger partial charge in [0.1, 0.15) is 11.6 Å². The van der Waals surface area contributed by atoms with Crippen molar-refractivity contribution in [1.82, 2.24) is 0 Å². The largest absolute Gasteiger partial charge is 0.299 e. The third-order valence-electron chi connectivity index (χ3n) is 3.56. The van der Waals surface area contributed by atoms with Gasteiger partial charge in [-0.05, 0) is 34.0 Å². The van der Waals surface area contributed by atoms with Crippen LogP contribution in [0.4, 0.5) is 4.39 Å². The highest BCUT2D eigenvalue weighted by atomic mass is 19.1. The van der Waals surface area contributed by atoms with Crippen molar-refractivity contribution in [3.63, 3.8) is 0 Å². The van der Waals surface area contributed by atoms with Crippen LogP contribution in [0.5, 0.6) is 0 Å². The molecule has 0 atom stereocenters. The molecule has 0 aromatic heterocycles. The van der Waals surface area contributed by atoms with Crippen molar-refractivity contribution in [1.29, 1.82) is 0 Å². The van der Waals surface area contributed by atoms with Gasteiger partial charge in [-0.15, -0.1) is 0 Å². The summed E-state index contributed by atoms with van der Waals surface area (Å²) in [4.78, 5) is 12.2. The number of hydrogen-bond donors (Lipinski definition) is 0. The molecule has 0 amide bonds. The van der Waals surface area contributed by atoms with E-state index in [1.807, 2.05) is 42.5 Å². The van der Waals surface area contributed by atoms with Crippen molar-refractivity contribution in [2.75, 3.05) is 0 Å². The summed E-state index contributed by atoms with van der Waals surface area (Å²) < 4.78 is 13.1. The van der Waals surface area contributed by atoms with Crippen molar-refractivity contribution in [2.24, 2.45) is 0 Å². The fourth-order valence-corrected chi connectivity index (χ4v) is 2.60. The average molecular weight is 278 g/mol. The second kappa shape index (κ2) is 5.88. The van der Waals surface area contributed by atoms with Crippen LogP contribution in [0.25, 0.3) is 10.8 Å². The molecule has 1 nitrogen and oxygen atoms in total. The topological polar surface area (TPSA) is 17.1 Å². The van der Waals surface area contributed by atoms with Gasteiger partial charge in [0.25, 0.3) is 0 Å². The van der Waals surface area contributed by atoms with E-state index in [-0.39, 0.29) is 18.0 Å². The SMILES string of the molecule is O=C(Cc1cccc(F)c1)Cc1cccc2ccccc12. The Bertz CT molecular complexity index is 787. The van der Waals surface area contributed by atoms with E-state index >= 15 is 0 Å². The van der Waals surface area contributed by atoms with Crippen LogP contribution in [0, 0.1) is 5.82 Å². The van der Waals surface area contributed by atoms with E-state index in [1.54, 1.807) is 12.1 Å². The summed E-state index contributed by atoms with van der Waals surface area (Å²) in [5.41, 5.74) is 1.75. The lowest BCUT2D eigenvalue weighted by atomic mass is 9.98. The smallest absolute Gasteiger partial charge is 0.141 e. The molecule has 0 aliphatic carbocycles. The monoisotopic (exact) mass is 278 g/mol. The van der Waals surface area contributed by atoms with E-state index in [4.69, 9.17) is 0 Å². The third kappa shape index (κ3) is 3.16. The molecule has 3 aromatic carbocycles. The molecule has 0 radical (unpaired) electrons. The molecule has 0 saturated heterocycles. The molecule has 0 aliphatic heterocycles. The summed E-state index contributed by atoms with van der Waals surface area (Å²) in [6.45, 7) is 0. The quantitative estimate of drug-likeness (QED) is 0.694. The molecule has 0 spiro atoms. The Labute approximate surface area is 123 Å². The molecule has 2 heteroatoms. The van der Waals surface area contributed by atoms with Crippen LogP contribution in [0.1, 0.15) is 11.1 Å². The zero-order valence-corrected chi connectivity index (χ0v) is 11.6. The van der Waals surface area contributed by atoms with Gasteiger partial charge >= 0.3 is 0 Å². The summed E-state index contributed by atoms with van der Waals surface area (Å²) in [6, 6.07) is 20.2. The Hall–Kier alpha value is -2.48. The van der Waals surface area contributed by atoms with E-state index < -0.39 is 0 Å². The molecule has 0 aliphatic rings. The highest BCUT2D eigenvalue weighted by molar-refractivity contribution is 5.91. The lowest BCUT2D eigenvalue weighted by molar-refractivity contribution is -0.117. The number of rotatable bonds is 4. The number of carbonyl (C=O) groups excluding carboxylic acids is 1. The van der Waals surface area contributed by atoms with Gasteiger partial charge < -0.3 is 0 Å². The number of benzene rings is 3.